The molecule has 0 amide bonds. The molecule has 1 nitrogen and oxygen atoms in total. The fourth-order valence-electron chi connectivity index (χ4n) is 5.55. The van der Waals surface area contributed by atoms with Gasteiger partial charge in [0.2, 0.25) is 0 Å². The van der Waals surface area contributed by atoms with Crippen molar-refractivity contribution in [3.8, 4) is 39.1 Å². The van der Waals surface area contributed by atoms with Crippen LogP contribution in [0, 0.1) is 34.9 Å². The number of allylic oxidation sites excluding steroid dienone is 1. The van der Waals surface area contributed by atoms with E-state index in [4.69, 9.17) is 23.2 Å². The summed E-state index contributed by atoms with van der Waals surface area (Å²) in [4.78, 5) is 0. The number of alkyl halides is 2. The largest absolute Gasteiger partial charge is 0.432 e. The number of unbranched alkanes of at least 4 members (excludes halogenated alkanes) is 4. The Hall–Kier alpha value is -4.34. The van der Waals surface area contributed by atoms with E-state index < -0.39 is 67.9 Å². The van der Waals surface area contributed by atoms with Gasteiger partial charge in [0, 0.05) is 17.2 Å². The van der Waals surface area contributed by atoms with E-state index in [0.717, 1.165) is 86.6 Å². The molecule has 260 valence electrons. The van der Waals surface area contributed by atoms with E-state index >= 15 is 26.3 Å². The second-order valence-corrected chi connectivity index (χ2v) is 12.4. The van der Waals surface area contributed by atoms with E-state index in [2.05, 4.69) is 11.3 Å². The summed E-state index contributed by atoms with van der Waals surface area (Å²) in [6.07, 6.45) is 3.29. The van der Waals surface area contributed by atoms with Crippen molar-refractivity contribution < 1.29 is 39.9 Å². The quantitative estimate of drug-likeness (QED) is 0.0506. The molecule has 0 saturated heterocycles. The highest BCUT2D eigenvalue weighted by molar-refractivity contribution is 6.33. The lowest BCUT2D eigenvalue weighted by Crippen LogP contribution is -2.25. The van der Waals surface area contributed by atoms with Crippen LogP contribution in [0.2, 0.25) is 10.0 Å². The Bertz CT molecular complexity index is 1960. The molecule has 0 fully saturated rings. The number of benzene rings is 5. The van der Waals surface area contributed by atoms with Gasteiger partial charge in [0.25, 0.3) is 0 Å². The van der Waals surface area contributed by atoms with E-state index in [1.54, 1.807) is 12.1 Å². The van der Waals surface area contributed by atoms with Crippen molar-refractivity contribution in [1.29, 1.82) is 0 Å². The molecule has 0 atom stereocenters. The van der Waals surface area contributed by atoms with Gasteiger partial charge >= 0.3 is 6.11 Å². The van der Waals surface area contributed by atoms with Crippen molar-refractivity contribution in [3.05, 3.63) is 148 Å². The molecule has 0 N–H and O–H groups in total. The third-order valence-corrected chi connectivity index (χ3v) is 8.72. The minimum Gasteiger partial charge on any atom is -0.429 e. The molecule has 0 aliphatic heterocycles. The van der Waals surface area contributed by atoms with Gasteiger partial charge in [-0.2, -0.15) is 8.78 Å². The Balaban J connectivity index is 1.32. The molecule has 50 heavy (non-hydrogen) atoms. The molecule has 5 rings (SSSR count). The molecule has 0 aliphatic carbocycles. The minimum atomic E-state index is -4.60. The third-order valence-electron chi connectivity index (χ3n) is 8.06. The van der Waals surface area contributed by atoms with Crippen molar-refractivity contribution >= 4 is 23.2 Å². The van der Waals surface area contributed by atoms with Crippen molar-refractivity contribution in [3.63, 3.8) is 0 Å². The molecule has 0 unspecified atom stereocenters. The molecule has 0 aliphatic rings. The topological polar surface area (TPSA) is 9.23 Å². The van der Waals surface area contributed by atoms with Crippen LogP contribution in [0.1, 0.15) is 43.2 Å². The summed E-state index contributed by atoms with van der Waals surface area (Å²) in [5, 5.41) is -1.27. The third kappa shape index (κ3) is 8.33. The summed E-state index contributed by atoms with van der Waals surface area (Å²) in [7, 11) is 0. The smallest absolute Gasteiger partial charge is 0.429 e. The molecule has 0 radical (unpaired) electrons. The second kappa shape index (κ2) is 15.7. The first-order valence-corrected chi connectivity index (χ1v) is 16.2. The predicted octanol–water partition coefficient (Wildman–Crippen LogP) is 13.6. The fourth-order valence-corrected chi connectivity index (χ4v) is 5.97. The van der Waals surface area contributed by atoms with E-state index in [-0.39, 0.29) is 22.3 Å². The van der Waals surface area contributed by atoms with Gasteiger partial charge < -0.3 is 4.74 Å². The maximum atomic E-state index is 15.2. The summed E-state index contributed by atoms with van der Waals surface area (Å²) in [5.41, 5.74) is -1.23. The summed E-state index contributed by atoms with van der Waals surface area (Å²) < 4.78 is 123. The molecule has 11 heteroatoms. The van der Waals surface area contributed by atoms with Crippen LogP contribution in [0.25, 0.3) is 33.4 Å². The zero-order chi connectivity index (χ0) is 36.2. The lowest BCUT2D eigenvalue weighted by atomic mass is 9.98. The molecule has 5 aromatic rings. The first-order chi connectivity index (χ1) is 23.8. The first kappa shape index (κ1) is 36.9. The van der Waals surface area contributed by atoms with Gasteiger partial charge in [0.15, 0.2) is 0 Å². The Labute approximate surface area is 293 Å². The van der Waals surface area contributed by atoms with Gasteiger partial charge in [-0.1, -0.05) is 78.5 Å². The lowest BCUT2D eigenvalue weighted by Gasteiger charge is -2.21. The number of hydrogen-bond donors (Lipinski definition) is 0. The summed E-state index contributed by atoms with van der Waals surface area (Å²) in [6, 6.07) is 14.5. The van der Waals surface area contributed by atoms with Crippen LogP contribution in [0.15, 0.2) is 91.5 Å². The standard InChI is InChI=1S/C39H28Cl2F8O/c1-2-3-4-5-6-7-8-22-9-11-23(12-10-22)25-16-32(44)37(33(45)17-25)39(48,49)50-27-20-29(40)36(31(43)21-27)24-13-14-28(30(42)15-24)26-18-34(46)38(41)35(47)19-26/h2,9-21H,1,3-8H2. The van der Waals surface area contributed by atoms with Gasteiger partial charge in [-0.3, -0.25) is 0 Å². The Kier molecular flexibility index (Phi) is 11.6. The number of rotatable bonds is 13. The second-order valence-electron chi connectivity index (χ2n) is 11.6. The lowest BCUT2D eigenvalue weighted by molar-refractivity contribution is -0.189. The van der Waals surface area contributed by atoms with Crippen molar-refractivity contribution in [1.82, 2.24) is 0 Å². The summed E-state index contributed by atoms with van der Waals surface area (Å²) >= 11 is 11.7. The zero-order valence-corrected chi connectivity index (χ0v) is 27.7. The van der Waals surface area contributed by atoms with Crippen LogP contribution < -0.4 is 4.74 Å². The maximum Gasteiger partial charge on any atom is 0.432 e. The van der Waals surface area contributed by atoms with Gasteiger partial charge in [0.05, 0.1) is 5.02 Å². The average molecular weight is 736 g/mol. The van der Waals surface area contributed by atoms with Crippen LogP contribution in [0.5, 0.6) is 5.75 Å². The monoisotopic (exact) mass is 734 g/mol. The predicted molar refractivity (Wildman–Crippen MR) is 180 cm³/mol. The molecule has 0 bridgehead atoms. The van der Waals surface area contributed by atoms with Crippen LogP contribution >= 0.6 is 23.2 Å². The van der Waals surface area contributed by atoms with Crippen molar-refractivity contribution in [2.75, 3.05) is 0 Å². The molecular formula is C39H28Cl2F8O. The average Bonchev–Trinajstić information content (AvgIpc) is 3.04. The van der Waals surface area contributed by atoms with Crippen molar-refractivity contribution in [2.24, 2.45) is 0 Å². The Morgan fingerprint density at radius 2 is 1.18 bits per heavy atom. The number of hydrogen-bond acceptors (Lipinski definition) is 1. The van der Waals surface area contributed by atoms with Crippen LogP contribution in [-0.4, -0.2) is 0 Å². The van der Waals surface area contributed by atoms with Crippen LogP contribution in [0.3, 0.4) is 0 Å². The van der Waals surface area contributed by atoms with E-state index in [1.807, 2.05) is 18.2 Å². The SMILES string of the molecule is C=CCCCCCCc1ccc(-c2cc(F)c(C(F)(F)Oc3cc(F)c(-c4ccc(-c5cc(F)c(Cl)c(F)c5)c(F)c4)c(Cl)c3)c(F)c2)cc1. The highest BCUT2D eigenvalue weighted by Crippen LogP contribution is 2.41. The van der Waals surface area contributed by atoms with E-state index in [9.17, 15) is 8.78 Å². The number of aryl methyl sites for hydroxylation is 1. The van der Waals surface area contributed by atoms with E-state index in [0.29, 0.717) is 11.6 Å². The Morgan fingerprint density at radius 1 is 0.600 bits per heavy atom. The Morgan fingerprint density at radius 3 is 1.78 bits per heavy atom. The van der Waals surface area contributed by atoms with Crippen LogP contribution in [-0.2, 0) is 12.5 Å². The first-order valence-electron chi connectivity index (χ1n) is 15.5. The molecule has 0 saturated carbocycles. The van der Waals surface area contributed by atoms with Gasteiger partial charge in [-0.25, -0.2) is 26.3 Å². The molecule has 0 spiro atoms. The zero-order valence-electron chi connectivity index (χ0n) is 26.2. The van der Waals surface area contributed by atoms with Crippen molar-refractivity contribution in [2.45, 2.75) is 44.6 Å². The van der Waals surface area contributed by atoms with E-state index in [1.165, 1.54) is 6.07 Å². The molecule has 0 aromatic heterocycles. The van der Waals surface area contributed by atoms with Gasteiger partial charge in [0.1, 0.15) is 51.2 Å². The summed E-state index contributed by atoms with van der Waals surface area (Å²) in [5.74, 6) is -8.54. The molecular weight excluding hydrogens is 707 g/mol. The fraction of sp³-hybridized carbons (Fsp3) is 0.179. The maximum absolute atomic E-state index is 15.2. The minimum absolute atomic E-state index is 0.0264. The highest BCUT2D eigenvalue weighted by Gasteiger charge is 2.41. The van der Waals surface area contributed by atoms with Gasteiger partial charge in [-0.05, 0) is 89.9 Å². The number of ether oxygens (including phenoxy) is 1. The molecule has 5 aromatic carbocycles. The van der Waals surface area contributed by atoms with Gasteiger partial charge in [-0.15, -0.1) is 6.58 Å². The van der Waals surface area contributed by atoms with Crippen LogP contribution in [0.4, 0.5) is 35.1 Å². The summed E-state index contributed by atoms with van der Waals surface area (Å²) in [6.45, 7) is 3.70. The number of halogens is 10. The normalized spacial score (nSPS) is 11.6. The highest BCUT2D eigenvalue weighted by atomic mass is 35.5. The molecule has 0 heterocycles.